The van der Waals surface area contributed by atoms with E-state index in [1.807, 2.05) is 38.5 Å². The van der Waals surface area contributed by atoms with Crippen LogP contribution in [0, 0.1) is 6.92 Å². The van der Waals surface area contributed by atoms with Gasteiger partial charge in [-0.1, -0.05) is 0 Å². The SMILES string of the molecule is Cc1ccc(/C=C\C(=O)NC[C@H](c2ccsc2)N(C)C)o1. The van der Waals surface area contributed by atoms with Gasteiger partial charge in [0.2, 0.25) is 5.91 Å². The number of nitrogens with one attached hydrogen (secondary N) is 1. The molecule has 2 heterocycles. The Morgan fingerprint density at radius 3 is 2.81 bits per heavy atom. The fourth-order valence-corrected chi connectivity index (χ4v) is 2.73. The Bertz CT molecular complexity index is 600. The number of carbonyl (C=O) groups excluding carboxylic acids is 1. The Labute approximate surface area is 129 Å². The predicted molar refractivity (Wildman–Crippen MR) is 86.2 cm³/mol. The number of likely N-dealkylation sites (N-methyl/N-ethyl adjacent to an activating group) is 1. The van der Waals surface area contributed by atoms with Crippen molar-refractivity contribution in [2.24, 2.45) is 0 Å². The van der Waals surface area contributed by atoms with Crippen LogP contribution in [0.4, 0.5) is 0 Å². The summed E-state index contributed by atoms with van der Waals surface area (Å²) in [7, 11) is 4.02. The third-order valence-corrected chi connectivity index (χ3v) is 3.88. The third kappa shape index (κ3) is 4.58. The maximum atomic E-state index is 11.9. The quantitative estimate of drug-likeness (QED) is 0.834. The lowest BCUT2D eigenvalue weighted by Crippen LogP contribution is -2.33. The molecule has 0 aliphatic heterocycles. The van der Waals surface area contributed by atoms with Gasteiger partial charge in [-0.15, -0.1) is 0 Å². The molecule has 5 heteroatoms. The molecule has 21 heavy (non-hydrogen) atoms. The van der Waals surface area contributed by atoms with Crippen molar-refractivity contribution in [3.05, 3.63) is 52.1 Å². The van der Waals surface area contributed by atoms with Crippen molar-refractivity contribution in [1.82, 2.24) is 10.2 Å². The molecular weight excluding hydrogens is 284 g/mol. The third-order valence-electron chi connectivity index (χ3n) is 3.18. The number of hydrogen-bond donors (Lipinski definition) is 1. The largest absolute Gasteiger partial charge is 0.462 e. The topological polar surface area (TPSA) is 45.5 Å². The molecule has 2 aromatic rings. The van der Waals surface area contributed by atoms with Crippen LogP contribution in [-0.4, -0.2) is 31.4 Å². The zero-order valence-corrected chi connectivity index (χ0v) is 13.3. The van der Waals surface area contributed by atoms with Crippen LogP contribution in [-0.2, 0) is 4.79 Å². The summed E-state index contributed by atoms with van der Waals surface area (Å²) in [5, 5.41) is 7.08. The molecule has 0 radical (unpaired) electrons. The first-order chi connectivity index (χ1) is 10.1. The standard InChI is InChI=1S/C16H20N2O2S/c1-12-4-5-14(20-12)6-7-16(19)17-10-15(18(2)3)13-8-9-21-11-13/h4-9,11,15H,10H2,1-3H3,(H,17,19)/b7-6-/t15-/m1/s1. The second-order valence-electron chi connectivity index (χ2n) is 5.06. The summed E-state index contributed by atoms with van der Waals surface area (Å²) in [4.78, 5) is 14.0. The number of nitrogens with zero attached hydrogens (tertiary/aromatic N) is 1. The van der Waals surface area contributed by atoms with E-state index in [-0.39, 0.29) is 11.9 Å². The van der Waals surface area contributed by atoms with E-state index in [1.165, 1.54) is 11.6 Å². The zero-order chi connectivity index (χ0) is 15.2. The molecule has 0 aromatic carbocycles. The summed E-state index contributed by atoms with van der Waals surface area (Å²) in [6.07, 6.45) is 3.18. The Morgan fingerprint density at radius 2 is 2.24 bits per heavy atom. The summed E-state index contributed by atoms with van der Waals surface area (Å²) in [5.74, 6) is 1.40. The van der Waals surface area contributed by atoms with Gasteiger partial charge in [-0.2, -0.15) is 11.3 Å². The normalized spacial score (nSPS) is 13.0. The van der Waals surface area contributed by atoms with E-state index in [2.05, 4.69) is 21.7 Å². The molecule has 0 saturated carbocycles. The first-order valence-corrected chi connectivity index (χ1v) is 7.71. The minimum absolute atomic E-state index is 0.119. The fraction of sp³-hybridized carbons (Fsp3) is 0.312. The van der Waals surface area contributed by atoms with Crippen molar-refractivity contribution in [3.8, 4) is 0 Å². The van der Waals surface area contributed by atoms with Gasteiger partial charge in [-0.3, -0.25) is 4.79 Å². The lowest BCUT2D eigenvalue weighted by atomic mass is 10.1. The van der Waals surface area contributed by atoms with Crippen LogP contribution < -0.4 is 5.32 Å². The van der Waals surface area contributed by atoms with E-state index in [0.29, 0.717) is 12.3 Å². The second-order valence-corrected chi connectivity index (χ2v) is 5.84. The second kappa shape index (κ2) is 7.24. The summed E-state index contributed by atoms with van der Waals surface area (Å²) in [5.41, 5.74) is 1.22. The summed E-state index contributed by atoms with van der Waals surface area (Å²) in [6.45, 7) is 2.45. The molecule has 1 amide bonds. The summed E-state index contributed by atoms with van der Waals surface area (Å²) < 4.78 is 5.38. The van der Waals surface area contributed by atoms with E-state index < -0.39 is 0 Å². The van der Waals surface area contributed by atoms with Crippen molar-refractivity contribution >= 4 is 23.3 Å². The Morgan fingerprint density at radius 1 is 1.43 bits per heavy atom. The molecular formula is C16H20N2O2S. The molecule has 0 fully saturated rings. The Hall–Kier alpha value is -1.85. The molecule has 4 nitrogen and oxygen atoms in total. The first kappa shape index (κ1) is 15.5. The average molecular weight is 304 g/mol. The number of thiophene rings is 1. The van der Waals surface area contributed by atoms with Gasteiger partial charge in [-0.05, 0) is 61.6 Å². The molecule has 0 spiro atoms. The van der Waals surface area contributed by atoms with Crippen LogP contribution in [0.1, 0.15) is 23.1 Å². The number of carbonyl (C=O) groups is 1. The highest BCUT2D eigenvalue weighted by molar-refractivity contribution is 7.07. The van der Waals surface area contributed by atoms with Crippen LogP contribution >= 0.6 is 11.3 Å². The molecule has 0 bridgehead atoms. The minimum Gasteiger partial charge on any atom is -0.462 e. The van der Waals surface area contributed by atoms with E-state index in [9.17, 15) is 4.79 Å². The minimum atomic E-state index is -0.119. The van der Waals surface area contributed by atoms with Crippen molar-refractivity contribution in [2.45, 2.75) is 13.0 Å². The average Bonchev–Trinajstić information content (AvgIpc) is 3.08. The Balaban J connectivity index is 1.89. The maximum Gasteiger partial charge on any atom is 0.244 e. The molecule has 2 rings (SSSR count). The number of aryl methyl sites for hydroxylation is 1. The van der Waals surface area contributed by atoms with Crippen LogP contribution in [0.3, 0.4) is 0 Å². The molecule has 0 aliphatic rings. The number of furan rings is 1. The van der Waals surface area contributed by atoms with Crippen molar-refractivity contribution < 1.29 is 9.21 Å². The van der Waals surface area contributed by atoms with Gasteiger partial charge in [0.15, 0.2) is 0 Å². The summed E-state index contributed by atoms with van der Waals surface area (Å²) in [6, 6.07) is 5.98. The molecule has 0 saturated heterocycles. The van der Waals surface area contributed by atoms with Crippen LogP contribution in [0.5, 0.6) is 0 Å². The van der Waals surface area contributed by atoms with Gasteiger partial charge in [0.1, 0.15) is 11.5 Å². The van der Waals surface area contributed by atoms with Gasteiger partial charge in [0.05, 0.1) is 6.04 Å². The number of amides is 1. The van der Waals surface area contributed by atoms with Gasteiger partial charge in [0, 0.05) is 12.6 Å². The van der Waals surface area contributed by atoms with E-state index >= 15 is 0 Å². The lowest BCUT2D eigenvalue weighted by molar-refractivity contribution is -0.116. The molecule has 1 N–H and O–H groups in total. The molecule has 1 atom stereocenters. The van der Waals surface area contributed by atoms with E-state index in [1.54, 1.807) is 17.4 Å². The number of hydrogen-bond acceptors (Lipinski definition) is 4. The van der Waals surface area contributed by atoms with Gasteiger partial charge >= 0.3 is 0 Å². The molecule has 112 valence electrons. The van der Waals surface area contributed by atoms with E-state index in [0.717, 1.165) is 5.76 Å². The van der Waals surface area contributed by atoms with Gasteiger partial charge in [-0.25, -0.2) is 0 Å². The molecule has 0 aliphatic carbocycles. The first-order valence-electron chi connectivity index (χ1n) is 6.77. The maximum absolute atomic E-state index is 11.9. The monoisotopic (exact) mass is 304 g/mol. The molecule has 2 aromatic heterocycles. The van der Waals surface area contributed by atoms with Crippen LogP contribution in [0.25, 0.3) is 6.08 Å². The fourth-order valence-electron chi connectivity index (χ4n) is 2.02. The molecule has 0 unspecified atom stereocenters. The predicted octanol–water partition coefficient (Wildman–Crippen LogP) is 3.08. The highest BCUT2D eigenvalue weighted by Gasteiger charge is 2.14. The number of rotatable bonds is 6. The Kier molecular flexibility index (Phi) is 5.36. The van der Waals surface area contributed by atoms with Gasteiger partial charge < -0.3 is 14.6 Å². The van der Waals surface area contributed by atoms with Gasteiger partial charge in [0.25, 0.3) is 0 Å². The van der Waals surface area contributed by atoms with Crippen LogP contribution in [0.15, 0.2) is 39.5 Å². The van der Waals surface area contributed by atoms with Crippen LogP contribution in [0.2, 0.25) is 0 Å². The van der Waals surface area contributed by atoms with Crippen molar-refractivity contribution in [1.29, 1.82) is 0 Å². The van der Waals surface area contributed by atoms with Crippen molar-refractivity contribution in [3.63, 3.8) is 0 Å². The zero-order valence-electron chi connectivity index (χ0n) is 12.5. The van der Waals surface area contributed by atoms with Crippen molar-refractivity contribution in [2.75, 3.05) is 20.6 Å². The highest BCUT2D eigenvalue weighted by Crippen LogP contribution is 2.19. The smallest absolute Gasteiger partial charge is 0.244 e. The summed E-state index contributed by atoms with van der Waals surface area (Å²) >= 11 is 1.66. The lowest BCUT2D eigenvalue weighted by Gasteiger charge is -2.23. The highest BCUT2D eigenvalue weighted by atomic mass is 32.1. The van der Waals surface area contributed by atoms with E-state index in [4.69, 9.17) is 4.42 Å².